The lowest BCUT2D eigenvalue weighted by Crippen LogP contribution is -2.42. The summed E-state index contributed by atoms with van der Waals surface area (Å²) in [6, 6.07) is 12.4. The Hall–Kier alpha value is -2.71. The molecule has 0 bridgehead atoms. The Bertz CT molecular complexity index is 982. The summed E-state index contributed by atoms with van der Waals surface area (Å²) in [5, 5.41) is 0. The van der Waals surface area contributed by atoms with Crippen molar-refractivity contribution in [3.63, 3.8) is 0 Å². The van der Waals surface area contributed by atoms with Gasteiger partial charge in [-0.1, -0.05) is 12.1 Å². The predicted octanol–water partition coefficient (Wildman–Crippen LogP) is 1.75. The summed E-state index contributed by atoms with van der Waals surface area (Å²) in [4.78, 5) is 26.6. The van der Waals surface area contributed by atoms with Crippen molar-refractivity contribution < 1.29 is 22.7 Å². The van der Waals surface area contributed by atoms with E-state index < -0.39 is 16.1 Å². The second kappa shape index (κ2) is 6.47. The summed E-state index contributed by atoms with van der Waals surface area (Å²) in [5.74, 6) is -0.145. The summed E-state index contributed by atoms with van der Waals surface area (Å²) in [6.45, 7) is 0.353. The van der Waals surface area contributed by atoms with Crippen molar-refractivity contribution in [2.45, 2.75) is 17.4 Å². The van der Waals surface area contributed by atoms with Crippen molar-refractivity contribution in [3.8, 4) is 5.75 Å². The molecule has 140 valence electrons. The Balaban J connectivity index is 1.55. The van der Waals surface area contributed by atoms with E-state index in [1.165, 1.54) is 28.4 Å². The number of rotatable bonds is 4. The van der Waals surface area contributed by atoms with Gasteiger partial charge in [-0.15, -0.1) is 0 Å². The Labute approximate surface area is 157 Å². The quantitative estimate of drug-likeness (QED) is 0.748. The maximum Gasteiger partial charge on any atom is 0.261 e. The number of imide groups is 1. The average molecular weight is 386 g/mol. The highest BCUT2D eigenvalue weighted by molar-refractivity contribution is 7.89. The number of methoxy groups -OCH3 is 1. The van der Waals surface area contributed by atoms with Gasteiger partial charge in [-0.05, 0) is 42.8 Å². The SMILES string of the molecule is COc1ccc(S(=O)(=O)N2CCC(N3C(=O)c4ccccc4C3=O)C2)cc1. The van der Waals surface area contributed by atoms with E-state index in [4.69, 9.17) is 4.74 Å². The highest BCUT2D eigenvalue weighted by atomic mass is 32.2. The molecule has 2 amide bonds. The zero-order valence-corrected chi connectivity index (χ0v) is 15.5. The minimum Gasteiger partial charge on any atom is -0.497 e. The van der Waals surface area contributed by atoms with Gasteiger partial charge < -0.3 is 4.74 Å². The summed E-state index contributed by atoms with van der Waals surface area (Å²) in [5.41, 5.74) is 0.748. The first kappa shape index (κ1) is 17.7. The molecule has 0 spiro atoms. The van der Waals surface area contributed by atoms with E-state index in [0.717, 1.165) is 0 Å². The molecule has 2 aromatic rings. The number of sulfonamides is 1. The van der Waals surface area contributed by atoms with E-state index in [1.54, 1.807) is 36.4 Å². The normalized spacial score (nSPS) is 20.2. The number of carbonyl (C=O) groups excluding carboxylic acids is 2. The minimum atomic E-state index is -3.70. The molecule has 0 aliphatic carbocycles. The smallest absolute Gasteiger partial charge is 0.261 e. The summed E-state index contributed by atoms with van der Waals surface area (Å²) in [6.07, 6.45) is 0.418. The third-order valence-corrected chi connectivity index (χ3v) is 6.89. The first-order valence-corrected chi connectivity index (χ1v) is 9.98. The van der Waals surface area contributed by atoms with E-state index in [9.17, 15) is 18.0 Å². The summed E-state index contributed by atoms with van der Waals surface area (Å²) < 4.78 is 32.1. The monoisotopic (exact) mass is 386 g/mol. The van der Waals surface area contributed by atoms with E-state index in [0.29, 0.717) is 23.3 Å². The standard InChI is InChI=1S/C19H18N2O5S/c1-26-14-6-8-15(9-7-14)27(24,25)20-11-10-13(12-20)21-18(22)16-4-2-3-5-17(16)19(21)23/h2-9,13H,10-12H2,1H3. The van der Waals surface area contributed by atoms with Crippen molar-refractivity contribution in [1.82, 2.24) is 9.21 Å². The highest BCUT2D eigenvalue weighted by Crippen LogP contribution is 2.30. The van der Waals surface area contributed by atoms with Crippen molar-refractivity contribution >= 4 is 21.8 Å². The Morgan fingerprint density at radius 1 is 0.963 bits per heavy atom. The van der Waals surface area contributed by atoms with Crippen LogP contribution >= 0.6 is 0 Å². The van der Waals surface area contributed by atoms with Crippen molar-refractivity contribution in [3.05, 3.63) is 59.7 Å². The van der Waals surface area contributed by atoms with Crippen LogP contribution in [0.25, 0.3) is 0 Å². The molecular formula is C19H18N2O5S. The van der Waals surface area contributed by atoms with Crippen LogP contribution in [0, 0.1) is 0 Å². The number of hydrogen-bond acceptors (Lipinski definition) is 5. The Kier molecular flexibility index (Phi) is 4.24. The van der Waals surface area contributed by atoms with Crippen LogP contribution in [-0.4, -0.2) is 55.7 Å². The average Bonchev–Trinajstić information content (AvgIpc) is 3.26. The molecular weight excluding hydrogens is 368 g/mol. The lowest BCUT2D eigenvalue weighted by Gasteiger charge is -2.22. The van der Waals surface area contributed by atoms with Crippen LogP contribution in [0.15, 0.2) is 53.4 Å². The number of hydrogen-bond donors (Lipinski definition) is 0. The van der Waals surface area contributed by atoms with E-state index in [2.05, 4.69) is 0 Å². The Morgan fingerprint density at radius 2 is 1.56 bits per heavy atom. The molecule has 7 nitrogen and oxygen atoms in total. The van der Waals surface area contributed by atoms with Crippen LogP contribution in [0.4, 0.5) is 0 Å². The number of carbonyl (C=O) groups is 2. The third-order valence-electron chi connectivity index (χ3n) is 5.01. The largest absolute Gasteiger partial charge is 0.497 e. The fraction of sp³-hybridized carbons (Fsp3) is 0.263. The topological polar surface area (TPSA) is 84.0 Å². The molecule has 2 heterocycles. The first-order chi connectivity index (χ1) is 12.9. The van der Waals surface area contributed by atoms with Crippen LogP contribution in [-0.2, 0) is 10.0 Å². The zero-order chi connectivity index (χ0) is 19.2. The van der Waals surface area contributed by atoms with Crippen LogP contribution in [0.2, 0.25) is 0 Å². The summed E-state index contributed by atoms with van der Waals surface area (Å²) in [7, 11) is -2.19. The van der Waals surface area contributed by atoms with Gasteiger partial charge in [0.2, 0.25) is 10.0 Å². The Morgan fingerprint density at radius 3 is 2.11 bits per heavy atom. The lowest BCUT2D eigenvalue weighted by atomic mass is 10.1. The number of amides is 2. The molecule has 0 N–H and O–H groups in total. The third kappa shape index (κ3) is 2.81. The van der Waals surface area contributed by atoms with Crippen LogP contribution in [0.5, 0.6) is 5.75 Å². The molecule has 0 saturated carbocycles. The van der Waals surface area contributed by atoms with Crippen LogP contribution in [0.3, 0.4) is 0 Å². The molecule has 4 rings (SSSR count). The van der Waals surface area contributed by atoms with E-state index in [-0.39, 0.29) is 29.8 Å². The van der Waals surface area contributed by atoms with Crippen molar-refractivity contribution in [2.24, 2.45) is 0 Å². The van der Waals surface area contributed by atoms with Gasteiger partial charge in [-0.2, -0.15) is 4.31 Å². The molecule has 1 atom stereocenters. The molecule has 2 aromatic carbocycles. The predicted molar refractivity (Wildman–Crippen MR) is 97.1 cm³/mol. The van der Waals surface area contributed by atoms with Crippen molar-refractivity contribution in [1.29, 1.82) is 0 Å². The molecule has 1 unspecified atom stereocenters. The number of benzene rings is 2. The second-order valence-corrected chi connectivity index (χ2v) is 8.44. The van der Waals surface area contributed by atoms with E-state index >= 15 is 0 Å². The van der Waals surface area contributed by atoms with Crippen LogP contribution < -0.4 is 4.74 Å². The maximum absolute atomic E-state index is 12.9. The molecule has 27 heavy (non-hydrogen) atoms. The fourth-order valence-corrected chi connectivity index (χ4v) is 5.07. The number of ether oxygens (including phenoxy) is 1. The number of nitrogens with zero attached hydrogens (tertiary/aromatic N) is 2. The van der Waals surface area contributed by atoms with Gasteiger partial charge in [0.25, 0.3) is 11.8 Å². The fourth-order valence-electron chi connectivity index (χ4n) is 3.58. The molecule has 0 aromatic heterocycles. The highest BCUT2D eigenvalue weighted by Gasteiger charge is 2.44. The molecule has 2 aliphatic rings. The van der Waals surface area contributed by atoms with Gasteiger partial charge in [-0.3, -0.25) is 14.5 Å². The van der Waals surface area contributed by atoms with Gasteiger partial charge in [0.1, 0.15) is 5.75 Å². The van der Waals surface area contributed by atoms with Crippen LogP contribution in [0.1, 0.15) is 27.1 Å². The van der Waals surface area contributed by atoms with E-state index in [1.807, 2.05) is 0 Å². The van der Waals surface area contributed by atoms with Crippen molar-refractivity contribution in [2.75, 3.05) is 20.2 Å². The molecule has 8 heteroatoms. The first-order valence-electron chi connectivity index (χ1n) is 8.54. The lowest BCUT2D eigenvalue weighted by molar-refractivity contribution is 0.0593. The molecule has 1 fully saturated rings. The van der Waals surface area contributed by atoms with Gasteiger partial charge in [0.05, 0.1) is 29.2 Å². The molecule has 1 saturated heterocycles. The molecule has 0 radical (unpaired) electrons. The maximum atomic E-state index is 12.9. The van der Waals surface area contributed by atoms with Gasteiger partial charge in [-0.25, -0.2) is 8.42 Å². The zero-order valence-electron chi connectivity index (χ0n) is 14.7. The second-order valence-electron chi connectivity index (χ2n) is 6.51. The molecule has 2 aliphatic heterocycles. The minimum absolute atomic E-state index is 0.0971. The number of fused-ring (bicyclic) bond motifs is 1. The van der Waals surface area contributed by atoms with Gasteiger partial charge >= 0.3 is 0 Å². The van der Waals surface area contributed by atoms with Gasteiger partial charge in [0.15, 0.2) is 0 Å². The summed E-state index contributed by atoms with van der Waals surface area (Å²) >= 11 is 0. The van der Waals surface area contributed by atoms with Gasteiger partial charge in [0, 0.05) is 13.1 Å².